The van der Waals surface area contributed by atoms with E-state index in [9.17, 15) is 4.79 Å². The minimum Gasteiger partial charge on any atom is -0.497 e. The number of benzene rings is 1. The average molecular weight is 288 g/mol. The third-order valence-corrected chi connectivity index (χ3v) is 3.41. The first-order valence-electron chi connectivity index (χ1n) is 6.98. The third-order valence-electron chi connectivity index (χ3n) is 3.41. The molecule has 5 nitrogen and oxygen atoms in total. The normalized spacial score (nSPS) is 15.6. The van der Waals surface area contributed by atoms with Crippen molar-refractivity contribution in [2.45, 2.75) is 13.0 Å². The van der Waals surface area contributed by atoms with Gasteiger partial charge >= 0.3 is 0 Å². The predicted molar refractivity (Wildman–Crippen MR) is 79.9 cm³/mol. The molecule has 0 aromatic heterocycles. The van der Waals surface area contributed by atoms with Gasteiger partial charge in [-0.1, -0.05) is 11.8 Å². The summed E-state index contributed by atoms with van der Waals surface area (Å²) in [6.07, 6.45) is 0.515. The zero-order valence-corrected chi connectivity index (χ0v) is 12.2. The van der Waals surface area contributed by atoms with Crippen LogP contribution in [0.2, 0.25) is 0 Å². The van der Waals surface area contributed by atoms with Crippen LogP contribution >= 0.6 is 0 Å². The highest BCUT2D eigenvalue weighted by molar-refractivity contribution is 5.76. The van der Waals surface area contributed by atoms with E-state index in [2.05, 4.69) is 22.1 Å². The molecule has 1 aromatic rings. The highest BCUT2D eigenvalue weighted by Gasteiger charge is 2.15. The van der Waals surface area contributed by atoms with Crippen molar-refractivity contribution in [3.05, 3.63) is 29.3 Å². The van der Waals surface area contributed by atoms with Gasteiger partial charge in [-0.15, -0.1) is 0 Å². The lowest BCUT2D eigenvalue weighted by molar-refractivity contribution is -0.120. The Hall–Kier alpha value is -2.03. The van der Waals surface area contributed by atoms with Crippen LogP contribution < -0.4 is 10.1 Å². The van der Waals surface area contributed by atoms with Crippen LogP contribution in [0, 0.1) is 11.8 Å². The van der Waals surface area contributed by atoms with E-state index in [1.807, 2.05) is 18.2 Å². The molecule has 1 fully saturated rings. The second-order valence-electron chi connectivity index (χ2n) is 4.86. The highest BCUT2D eigenvalue weighted by Crippen LogP contribution is 2.19. The van der Waals surface area contributed by atoms with Gasteiger partial charge in [0.05, 0.1) is 7.11 Å². The third kappa shape index (κ3) is 4.48. The van der Waals surface area contributed by atoms with E-state index >= 15 is 0 Å². The van der Waals surface area contributed by atoms with Crippen LogP contribution in [0.1, 0.15) is 17.5 Å². The van der Waals surface area contributed by atoms with E-state index in [0.29, 0.717) is 19.5 Å². The molecule has 21 heavy (non-hydrogen) atoms. The molecule has 1 heterocycles. The molecule has 1 saturated heterocycles. The van der Waals surface area contributed by atoms with E-state index < -0.39 is 0 Å². The van der Waals surface area contributed by atoms with Crippen LogP contribution in [0.4, 0.5) is 0 Å². The maximum absolute atomic E-state index is 11.4. The Kier molecular flexibility index (Phi) is 5.61. The van der Waals surface area contributed by atoms with Crippen molar-refractivity contribution < 1.29 is 14.6 Å². The number of rotatable bonds is 3. The number of carbonyl (C=O) groups excluding carboxylic acids is 1. The Morgan fingerprint density at radius 1 is 1.43 bits per heavy atom. The lowest BCUT2D eigenvalue weighted by atomic mass is 10.1. The molecule has 1 aromatic carbocycles. The van der Waals surface area contributed by atoms with Crippen molar-refractivity contribution in [1.29, 1.82) is 0 Å². The summed E-state index contributed by atoms with van der Waals surface area (Å²) in [5, 5.41) is 11.7. The number of aliphatic hydroxyl groups excluding tert-OH is 1. The van der Waals surface area contributed by atoms with E-state index in [1.54, 1.807) is 7.11 Å². The molecular weight excluding hydrogens is 268 g/mol. The maximum atomic E-state index is 11.4. The molecule has 0 radical (unpaired) electrons. The van der Waals surface area contributed by atoms with Crippen molar-refractivity contribution in [3.63, 3.8) is 0 Å². The fourth-order valence-electron chi connectivity index (χ4n) is 2.30. The number of amides is 1. The molecule has 1 amide bonds. The zero-order chi connectivity index (χ0) is 15.1. The summed E-state index contributed by atoms with van der Waals surface area (Å²) in [7, 11) is 1.63. The van der Waals surface area contributed by atoms with Gasteiger partial charge < -0.3 is 15.2 Å². The van der Waals surface area contributed by atoms with Crippen LogP contribution in [0.15, 0.2) is 18.2 Å². The summed E-state index contributed by atoms with van der Waals surface area (Å²) < 4.78 is 5.26. The number of hydrogen-bond donors (Lipinski definition) is 2. The molecule has 0 bridgehead atoms. The minimum atomic E-state index is -0.159. The fourth-order valence-corrected chi connectivity index (χ4v) is 2.30. The van der Waals surface area contributed by atoms with Gasteiger partial charge in [0, 0.05) is 38.2 Å². The first kappa shape index (κ1) is 15.4. The summed E-state index contributed by atoms with van der Waals surface area (Å²) in [6, 6.07) is 5.72. The zero-order valence-electron chi connectivity index (χ0n) is 12.2. The smallest absolute Gasteiger partial charge is 0.221 e. The van der Waals surface area contributed by atoms with Gasteiger partial charge in [-0.3, -0.25) is 9.69 Å². The number of carbonyl (C=O) groups is 1. The second-order valence-corrected chi connectivity index (χ2v) is 4.86. The molecule has 5 heteroatoms. The van der Waals surface area contributed by atoms with Crippen molar-refractivity contribution in [2.24, 2.45) is 0 Å². The lowest BCUT2D eigenvalue weighted by Crippen LogP contribution is -2.28. The largest absolute Gasteiger partial charge is 0.497 e. The number of hydrogen-bond acceptors (Lipinski definition) is 4. The van der Waals surface area contributed by atoms with Gasteiger partial charge in [0.1, 0.15) is 12.4 Å². The number of aliphatic hydroxyl groups is 1. The Morgan fingerprint density at radius 3 is 3.05 bits per heavy atom. The van der Waals surface area contributed by atoms with Crippen molar-refractivity contribution in [3.8, 4) is 17.6 Å². The average Bonchev–Trinajstić information content (AvgIpc) is 2.70. The number of ether oxygens (including phenoxy) is 1. The van der Waals surface area contributed by atoms with Gasteiger partial charge in [0.15, 0.2) is 0 Å². The number of nitrogens with zero attached hydrogens (tertiary/aromatic N) is 1. The van der Waals surface area contributed by atoms with Gasteiger partial charge in [-0.25, -0.2) is 0 Å². The number of methoxy groups -OCH3 is 1. The molecule has 1 aliphatic heterocycles. The van der Waals surface area contributed by atoms with Crippen LogP contribution in [0.3, 0.4) is 0 Å². The standard InChI is InChI=1S/C16H20N2O3/c1-21-15-5-4-13(3-2-10-19)14(11-15)12-18-8-6-16(20)17-7-9-18/h4-5,11,19H,6-10,12H2,1H3,(H,17,20). The molecule has 0 aliphatic carbocycles. The van der Waals surface area contributed by atoms with Crippen molar-refractivity contribution in [1.82, 2.24) is 10.2 Å². The van der Waals surface area contributed by atoms with E-state index in [0.717, 1.165) is 30.0 Å². The highest BCUT2D eigenvalue weighted by atomic mass is 16.5. The van der Waals surface area contributed by atoms with Crippen LogP contribution in [0.25, 0.3) is 0 Å². The first-order valence-corrected chi connectivity index (χ1v) is 6.98. The summed E-state index contributed by atoms with van der Waals surface area (Å²) in [5.41, 5.74) is 1.93. The quantitative estimate of drug-likeness (QED) is 0.789. The molecular formula is C16H20N2O3. The summed E-state index contributed by atoms with van der Waals surface area (Å²) in [6.45, 7) is 2.77. The Balaban J connectivity index is 2.17. The predicted octanol–water partition coefficient (Wildman–Crippen LogP) is 0.361. The van der Waals surface area contributed by atoms with Crippen LogP contribution in [-0.4, -0.2) is 49.3 Å². The second kappa shape index (κ2) is 7.67. The van der Waals surface area contributed by atoms with E-state index in [1.165, 1.54) is 0 Å². The first-order chi connectivity index (χ1) is 10.2. The Morgan fingerprint density at radius 2 is 2.29 bits per heavy atom. The molecule has 1 aliphatic rings. The molecule has 2 N–H and O–H groups in total. The Bertz CT molecular complexity index is 560. The molecule has 0 saturated carbocycles. The topological polar surface area (TPSA) is 61.8 Å². The molecule has 0 unspecified atom stereocenters. The Labute approximate surface area is 124 Å². The SMILES string of the molecule is COc1ccc(C#CCO)c(CN2CCNC(=O)CC2)c1. The summed E-state index contributed by atoms with van der Waals surface area (Å²) in [4.78, 5) is 13.6. The van der Waals surface area contributed by atoms with Gasteiger partial charge in [0.25, 0.3) is 0 Å². The van der Waals surface area contributed by atoms with Crippen molar-refractivity contribution in [2.75, 3.05) is 33.4 Å². The van der Waals surface area contributed by atoms with Crippen LogP contribution in [0.5, 0.6) is 5.75 Å². The number of nitrogens with one attached hydrogen (secondary N) is 1. The minimum absolute atomic E-state index is 0.100. The monoisotopic (exact) mass is 288 g/mol. The van der Waals surface area contributed by atoms with Gasteiger partial charge in [-0.05, 0) is 23.8 Å². The van der Waals surface area contributed by atoms with Gasteiger partial charge in [-0.2, -0.15) is 0 Å². The fraction of sp³-hybridized carbons (Fsp3) is 0.438. The maximum Gasteiger partial charge on any atom is 0.221 e. The van der Waals surface area contributed by atoms with E-state index in [4.69, 9.17) is 9.84 Å². The lowest BCUT2D eigenvalue weighted by Gasteiger charge is -2.20. The molecule has 112 valence electrons. The van der Waals surface area contributed by atoms with Crippen LogP contribution in [-0.2, 0) is 11.3 Å². The van der Waals surface area contributed by atoms with Gasteiger partial charge in [0.2, 0.25) is 5.91 Å². The summed E-state index contributed by atoms with van der Waals surface area (Å²) in [5.74, 6) is 6.52. The summed E-state index contributed by atoms with van der Waals surface area (Å²) >= 11 is 0. The van der Waals surface area contributed by atoms with E-state index in [-0.39, 0.29) is 12.5 Å². The molecule has 0 atom stereocenters. The molecule has 2 rings (SSSR count). The molecule has 0 spiro atoms. The van der Waals surface area contributed by atoms with Crippen molar-refractivity contribution >= 4 is 5.91 Å².